The fourth-order valence-electron chi connectivity index (χ4n) is 2.18. The Labute approximate surface area is 125 Å². The molecule has 0 N–H and O–H groups in total. The average Bonchev–Trinajstić information content (AvgIpc) is 2.51. The molecule has 21 heavy (non-hydrogen) atoms. The lowest BCUT2D eigenvalue weighted by molar-refractivity contribution is 0.408. The van der Waals surface area contributed by atoms with Crippen molar-refractivity contribution in [3.63, 3.8) is 0 Å². The number of hydrogen-bond acceptors (Lipinski definition) is 4. The molecule has 0 unspecified atom stereocenters. The molecule has 6 heteroatoms. The minimum Gasteiger partial charge on any atom is -0.496 e. The zero-order chi connectivity index (χ0) is 14.8. The van der Waals surface area contributed by atoms with Gasteiger partial charge in [0.1, 0.15) is 5.75 Å². The third kappa shape index (κ3) is 2.60. The van der Waals surface area contributed by atoms with Gasteiger partial charge in [-0.05, 0) is 24.3 Å². The molecular formula is C15H12ClN3O2. The quantitative estimate of drug-likeness (QED) is 0.746. The summed E-state index contributed by atoms with van der Waals surface area (Å²) in [4.78, 5) is 20.6. The molecule has 106 valence electrons. The monoisotopic (exact) mass is 301 g/mol. The van der Waals surface area contributed by atoms with Gasteiger partial charge in [0.05, 0.1) is 37.1 Å². The van der Waals surface area contributed by atoms with Crippen molar-refractivity contribution in [2.24, 2.45) is 0 Å². The first-order valence-corrected chi connectivity index (χ1v) is 6.68. The average molecular weight is 302 g/mol. The predicted molar refractivity (Wildman–Crippen MR) is 80.9 cm³/mol. The zero-order valence-electron chi connectivity index (χ0n) is 11.3. The molecule has 2 heterocycles. The van der Waals surface area contributed by atoms with Gasteiger partial charge in [0, 0.05) is 16.8 Å². The Kier molecular flexibility index (Phi) is 3.58. The summed E-state index contributed by atoms with van der Waals surface area (Å²) in [6.45, 7) is 0.341. The van der Waals surface area contributed by atoms with Crippen LogP contribution in [0.25, 0.3) is 10.9 Å². The highest BCUT2D eigenvalue weighted by atomic mass is 35.5. The van der Waals surface area contributed by atoms with E-state index in [4.69, 9.17) is 16.3 Å². The summed E-state index contributed by atoms with van der Waals surface area (Å²) in [5, 5.41) is 1.13. The first kappa shape index (κ1) is 13.6. The Morgan fingerprint density at radius 2 is 2.19 bits per heavy atom. The van der Waals surface area contributed by atoms with Gasteiger partial charge in [0.25, 0.3) is 5.56 Å². The van der Waals surface area contributed by atoms with Crippen LogP contribution in [0, 0.1) is 0 Å². The summed E-state index contributed by atoms with van der Waals surface area (Å²) < 4.78 is 6.82. The topological polar surface area (TPSA) is 57.0 Å². The van der Waals surface area contributed by atoms with E-state index in [1.807, 2.05) is 0 Å². The van der Waals surface area contributed by atoms with Crippen molar-refractivity contribution in [2.45, 2.75) is 6.54 Å². The van der Waals surface area contributed by atoms with Crippen LogP contribution in [-0.2, 0) is 6.54 Å². The Hall–Kier alpha value is -2.40. The standard InChI is InChI=1S/C15H12ClN3O2/c1-21-14-3-2-11(16)6-10(14)8-19-9-18-13-7-17-5-4-12(13)15(19)20/h2-7,9H,8H2,1H3. The van der Waals surface area contributed by atoms with Crippen LogP contribution >= 0.6 is 11.6 Å². The van der Waals surface area contributed by atoms with Gasteiger partial charge in [-0.25, -0.2) is 4.98 Å². The highest BCUT2D eigenvalue weighted by Crippen LogP contribution is 2.23. The first-order valence-electron chi connectivity index (χ1n) is 6.30. The van der Waals surface area contributed by atoms with Crippen molar-refractivity contribution in [3.05, 3.63) is 63.9 Å². The van der Waals surface area contributed by atoms with Crippen molar-refractivity contribution in [1.29, 1.82) is 0 Å². The van der Waals surface area contributed by atoms with E-state index in [2.05, 4.69) is 9.97 Å². The molecular weight excluding hydrogens is 290 g/mol. The smallest absolute Gasteiger partial charge is 0.261 e. The molecule has 0 aliphatic rings. The SMILES string of the molecule is COc1ccc(Cl)cc1Cn1cnc2cnccc2c1=O. The third-order valence-electron chi connectivity index (χ3n) is 3.21. The van der Waals surface area contributed by atoms with Gasteiger partial charge >= 0.3 is 0 Å². The van der Waals surface area contributed by atoms with E-state index in [0.29, 0.717) is 28.2 Å². The lowest BCUT2D eigenvalue weighted by Crippen LogP contribution is -2.21. The number of halogens is 1. The molecule has 0 atom stereocenters. The predicted octanol–water partition coefficient (Wildman–Crippen LogP) is 2.50. The lowest BCUT2D eigenvalue weighted by atomic mass is 10.2. The minimum absolute atomic E-state index is 0.121. The number of fused-ring (bicyclic) bond motifs is 1. The summed E-state index contributed by atoms with van der Waals surface area (Å²) >= 11 is 6.01. The minimum atomic E-state index is -0.121. The normalized spacial score (nSPS) is 10.8. The molecule has 2 aromatic heterocycles. The van der Waals surface area contributed by atoms with Crippen LogP contribution in [0.5, 0.6) is 5.75 Å². The van der Waals surface area contributed by atoms with E-state index in [0.717, 1.165) is 5.56 Å². The van der Waals surface area contributed by atoms with E-state index in [9.17, 15) is 4.79 Å². The van der Waals surface area contributed by atoms with E-state index in [1.54, 1.807) is 43.8 Å². The molecule has 0 bridgehead atoms. The fourth-order valence-corrected chi connectivity index (χ4v) is 2.37. The molecule has 0 spiro atoms. The number of benzene rings is 1. The summed E-state index contributed by atoms with van der Waals surface area (Å²) in [6, 6.07) is 6.97. The first-order chi connectivity index (χ1) is 10.2. The third-order valence-corrected chi connectivity index (χ3v) is 3.45. The van der Waals surface area contributed by atoms with Gasteiger partial charge < -0.3 is 4.74 Å². The molecule has 0 fully saturated rings. The van der Waals surface area contributed by atoms with Crippen molar-refractivity contribution in [3.8, 4) is 5.75 Å². The maximum absolute atomic E-state index is 12.4. The van der Waals surface area contributed by atoms with Crippen molar-refractivity contribution >= 4 is 22.5 Å². The van der Waals surface area contributed by atoms with Crippen LogP contribution in [0.15, 0.2) is 47.8 Å². The largest absolute Gasteiger partial charge is 0.496 e. The zero-order valence-corrected chi connectivity index (χ0v) is 12.0. The van der Waals surface area contributed by atoms with Crippen LogP contribution in [0.4, 0.5) is 0 Å². The van der Waals surface area contributed by atoms with Crippen molar-refractivity contribution in [1.82, 2.24) is 14.5 Å². The summed E-state index contributed by atoms with van der Waals surface area (Å²) in [7, 11) is 1.58. The summed E-state index contributed by atoms with van der Waals surface area (Å²) in [5.74, 6) is 0.682. The molecule has 3 aromatic rings. The van der Waals surface area contributed by atoms with E-state index in [1.165, 1.54) is 10.9 Å². The van der Waals surface area contributed by atoms with Gasteiger partial charge in [0.2, 0.25) is 0 Å². The van der Waals surface area contributed by atoms with Gasteiger partial charge in [-0.3, -0.25) is 14.3 Å². The molecule has 5 nitrogen and oxygen atoms in total. The van der Waals surface area contributed by atoms with Gasteiger partial charge in [-0.15, -0.1) is 0 Å². The van der Waals surface area contributed by atoms with E-state index < -0.39 is 0 Å². The molecule has 1 aromatic carbocycles. The number of nitrogens with zero attached hydrogens (tertiary/aromatic N) is 3. The van der Waals surface area contributed by atoms with E-state index in [-0.39, 0.29) is 5.56 Å². The second kappa shape index (κ2) is 5.54. The summed E-state index contributed by atoms with van der Waals surface area (Å²) in [6.07, 6.45) is 4.66. The van der Waals surface area contributed by atoms with Gasteiger partial charge in [0.15, 0.2) is 0 Å². The molecule has 0 amide bonds. The fraction of sp³-hybridized carbons (Fsp3) is 0.133. The maximum Gasteiger partial charge on any atom is 0.261 e. The van der Waals surface area contributed by atoms with Crippen LogP contribution in [0.3, 0.4) is 0 Å². The Bertz CT molecular complexity index is 861. The Morgan fingerprint density at radius 3 is 3.00 bits per heavy atom. The van der Waals surface area contributed by atoms with Gasteiger partial charge in [-0.1, -0.05) is 11.6 Å². The second-order valence-corrected chi connectivity index (χ2v) is 4.96. The molecule has 0 aliphatic carbocycles. The van der Waals surface area contributed by atoms with Crippen LogP contribution in [-0.4, -0.2) is 21.6 Å². The Morgan fingerprint density at radius 1 is 1.33 bits per heavy atom. The Balaban J connectivity index is 2.08. The second-order valence-electron chi connectivity index (χ2n) is 4.53. The van der Waals surface area contributed by atoms with E-state index >= 15 is 0 Å². The summed E-state index contributed by atoms with van der Waals surface area (Å²) in [5.41, 5.74) is 1.28. The van der Waals surface area contributed by atoms with Crippen molar-refractivity contribution < 1.29 is 4.74 Å². The molecule has 0 saturated heterocycles. The number of rotatable bonds is 3. The van der Waals surface area contributed by atoms with Crippen molar-refractivity contribution in [2.75, 3.05) is 7.11 Å². The lowest BCUT2D eigenvalue weighted by Gasteiger charge is -2.11. The number of ether oxygens (including phenoxy) is 1. The highest BCUT2D eigenvalue weighted by molar-refractivity contribution is 6.30. The number of methoxy groups -OCH3 is 1. The number of hydrogen-bond donors (Lipinski definition) is 0. The molecule has 0 radical (unpaired) electrons. The van der Waals surface area contributed by atoms with Crippen LogP contribution < -0.4 is 10.3 Å². The highest BCUT2D eigenvalue weighted by Gasteiger charge is 2.08. The molecule has 0 saturated carbocycles. The molecule has 0 aliphatic heterocycles. The number of aromatic nitrogens is 3. The van der Waals surface area contributed by atoms with Gasteiger partial charge in [-0.2, -0.15) is 0 Å². The molecule has 3 rings (SSSR count). The van der Waals surface area contributed by atoms with Crippen LogP contribution in [0.1, 0.15) is 5.56 Å². The van der Waals surface area contributed by atoms with Crippen LogP contribution in [0.2, 0.25) is 5.02 Å². The number of pyridine rings is 1. The maximum atomic E-state index is 12.4.